The van der Waals surface area contributed by atoms with E-state index in [0.717, 1.165) is 22.2 Å². The summed E-state index contributed by atoms with van der Waals surface area (Å²) >= 11 is 0. The van der Waals surface area contributed by atoms with Gasteiger partial charge in [0.05, 0.1) is 13.2 Å². The molecule has 0 saturated carbocycles. The molecule has 0 bridgehead atoms. The first-order valence-corrected chi connectivity index (χ1v) is 6.94. The SMILES string of the molecule is COC(=O)[C@@H]1Cc2c([nH]c3ccccc23)C2CNC(=O)N21. The molecule has 2 amide bonds. The molecule has 2 aromatic rings. The number of ether oxygens (including phenoxy) is 1. The number of para-hydroxylation sites is 1. The Labute approximate surface area is 121 Å². The summed E-state index contributed by atoms with van der Waals surface area (Å²) in [6.45, 7) is 0.506. The number of hydrogen-bond donors (Lipinski definition) is 2. The number of H-pyrrole nitrogens is 1. The number of fused-ring (bicyclic) bond motifs is 5. The number of benzene rings is 1. The Kier molecular flexibility index (Phi) is 2.48. The lowest BCUT2D eigenvalue weighted by molar-refractivity contribution is -0.146. The average molecular weight is 285 g/mol. The third-order valence-electron chi connectivity index (χ3n) is 4.40. The van der Waals surface area contributed by atoms with E-state index in [-0.39, 0.29) is 18.0 Å². The van der Waals surface area contributed by atoms with Crippen molar-refractivity contribution in [2.24, 2.45) is 0 Å². The van der Waals surface area contributed by atoms with Crippen LogP contribution in [0.4, 0.5) is 4.79 Å². The van der Waals surface area contributed by atoms with Crippen LogP contribution in [0.1, 0.15) is 17.3 Å². The van der Waals surface area contributed by atoms with Gasteiger partial charge in [0.1, 0.15) is 6.04 Å². The van der Waals surface area contributed by atoms with Crippen LogP contribution in [0.5, 0.6) is 0 Å². The van der Waals surface area contributed by atoms with Crippen LogP contribution in [0.2, 0.25) is 0 Å². The largest absolute Gasteiger partial charge is 0.467 e. The zero-order chi connectivity index (χ0) is 14.6. The highest BCUT2D eigenvalue weighted by molar-refractivity contribution is 5.91. The van der Waals surface area contributed by atoms with E-state index in [4.69, 9.17) is 4.74 Å². The fourth-order valence-electron chi connectivity index (χ4n) is 3.46. The van der Waals surface area contributed by atoms with E-state index >= 15 is 0 Å². The predicted molar refractivity (Wildman–Crippen MR) is 75.8 cm³/mol. The van der Waals surface area contributed by atoms with Crippen molar-refractivity contribution in [1.29, 1.82) is 0 Å². The zero-order valence-corrected chi connectivity index (χ0v) is 11.6. The molecule has 1 saturated heterocycles. The molecule has 108 valence electrons. The maximum absolute atomic E-state index is 12.1. The van der Waals surface area contributed by atoms with Crippen LogP contribution in [0.15, 0.2) is 24.3 Å². The van der Waals surface area contributed by atoms with Gasteiger partial charge in [0.25, 0.3) is 0 Å². The predicted octanol–water partition coefficient (Wildman–Crippen LogP) is 1.33. The number of carbonyl (C=O) groups is 2. The number of methoxy groups -OCH3 is 1. The summed E-state index contributed by atoms with van der Waals surface area (Å²) in [4.78, 5) is 29.1. The summed E-state index contributed by atoms with van der Waals surface area (Å²) < 4.78 is 4.88. The molecule has 2 N–H and O–H groups in total. The fraction of sp³-hybridized carbons (Fsp3) is 0.333. The monoisotopic (exact) mass is 285 g/mol. The minimum Gasteiger partial charge on any atom is -0.467 e. The number of hydrogen-bond acceptors (Lipinski definition) is 3. The van der Waals surface area contributed by atoms with Gasteiger partial charge in [0.2, 0.25) is 0 Å². The lowest BCUT2D eigenvalue weighted by Gasteiger charge is -2.34. The standard InChI is InChI=1S/C15H15N3O3/c1-21-14(19)11-6-9-8-4-2-3-5-10(8)17-13(9)12-7-16-15(20)18(11)12/h2-5,11-12,17H,6-7H2,1H3,(H,16,20)/t11-,12?/m0/s1. The molecule has 1 unspecified atom stereocenters. The van der Waals surface area contributed by atoms with Crippen molar-refractivity contribution in [2.75, 3.05) is 13.7 Å². The van der Waals surface area contributed by atoms with Crippen molar-refractivity contribution in [3.8, 4) is 0 Å². The van der Waals surface area contributed by atoms with Crippen molar-refractivity contribution in [3.05, 3.63) is 35.5 Å². The van der Waals surface area contributed by atoms with Crippen LogP contribution < -0.4 is 5.32 Å². The van der Waals surface area contributed by atoms with Gasteiger partial charge in [-0.1, -0.05) is 18.2 Å². The lowest BCUT2D eigenvalue weighted by atomic mass is 9.93. The first-order valence-electron chi connectivity index (χ1n) is 6.94. The van der Waals surface area contributed by atoms with Gasteiger partial charge in [0.15, 0.2) is 0 Å². The van der Waals surface area contributed by atoms with Crippen molar-refractivity contribution >= 4 is 22.9 Å². The molecule has 0 radical (unpaired) electrons. The smallest absolute Gasteiger partial charge is 0.329 e. The zero-order valence-electron chi connectivity index (χ0n) is 11.6. The molecule has 21 heavy (non-hydrogen) atoms. The van der Waals surface area contributed by atoms with E-state index < -0.39 is 6.04 Å². The van der Waals surface area contributed by atoms with Crippen molar-refractivity contribution in [1.82, 2.24) is 15.2 Å². The minimum absolute atomic E-state index is 0.141. The Morgan fingerprint density at radius 1 is 1.38 bits per heavy atom. The number of nitrogens with one attached hydrogen (secondary N) is 2. The molecular formula is C15H15N3O3. The Bertz CT molecular complexity index is 752. The molecule has 1 aromatic carbocycles. The summed E-state index contributed by atoms with van der Waals surface area (Å²) in [5, 5.41) is 3.93. The normalized spacial score (nSPS) is 23.7. The van der Waals surface area contributed by atoms with E-state index in [1.165, 1.54) is 7.11 Å². The van der Waals surface area contributed by atoms with Gasteiger partial charge in [-0.3, -0.25) is 0 Å². The van der Waals surface area contributed by atoms with E-state index in [9.17, 15) is 9.59 Å². The van der Waals surface area contributed by atoms with Gasteiger partial charge in [-0.25, -0.2) is 9.59 Å². The van der Waals surface area contributed by atoms with Gasteiger partial charge < -0.3 is 19.9 Å². The first-order chi connectivity index (χ1) is 10.2. The molecule has 2 aliphatic rings. The second kappa shape index (κ2) is 4.25. The highest BCUT2D eigenvalue weighted by atomic mass is 16.5. The number of aromatic amines is 1. The summed E-state index contributed by atoms with van der Waals surface area (Å²) in [5.74, 6) is -0.368. The number of urea groups is 1. The van der Waals surface area contributed by atoms with Crippen molar-refractivity contribution in [2.45, 2.75) is 18.5 Å². The minimum atomic E-state index is -0.561. The van der Waals surface area contributed by atoms with E-state index in [2.05, 4.69) is 10.3 Å². The van der Waals surface area contributed by atoms with Crippen LogP contribution in [0, 0.1) is 0 Å². The topological polar surface area (TPSA) is 74.4 Å². The summed E-state index contributed by atoms with van der Waals surface area (Å²) in [5.41, 5.74) is 3.17. The number of nitrogens with zero attached hydrogens (tertiary/aromatic N) is 1. The van der Waals surface area contributed by atoms with Crippen molar-refractivity contribution in [3.63, 3.8) is 0 Å². The quantitative estimate of drug-likeness (QED) is 0.776. The maximum atomic E-state index is 12.1. The van der Waals surface area contributed by atoms with Crippen LogP contribution in [0.3, 0.4) is 0 Å². The molecule has 6 heteroatoms. The van der Waals surface area contributed by atoms with Gasteiger partial charge in [-0.15, -0.1) is 0 Å². The Morgan fingerprint density at radius 2 is 2.19 bits per heavy atom. The molecule has 1 aromatic heterocycles. The second-order valence-electron chi connectivity index (χ2n) is 5.42. The number of esters is 1. The molecular weight excluding hydrogens is 270 g/mol. The van der Waals surface area contributed by atoms with Gasteiger partial charge in [-0.05, 0) is 11.6 Å². The molecule has 2 aliphatic heterocycles. The lowest BCUT2D eigenvalue weighted by Crippen LogP contribution is -2.48. The van der Waals surface area contributed by atoms with Crippen LogP contribution in [0.25, 0.3) is 10.9 Å². The Balaban J connectivity index is 1.90. The molecule has 2 atom stereocenters. The number of amides is 2. The van der Waals surface area contributed by atoms with E-state index in [1.807, 2.05) is 24.3 Å². The third kappa shape index (κ3) is 1.59. The number of aromatic nitrogens is 1. The summed E-state index contributed by atoms with van der Waals surface area (Å²) in [6.07, 6.45) is 0.482. The highest BCUT2D eigenvalue weighted by Gasteiger charge is 2.46. The third-order valence-corrected chi connectivity index (χ3v) is 4.40. The van der Waals surface area contributed by atoms with E-state index in [0.29, 0.717) is 13.0 Å². The first kappa shape index (κ1) is 12.3. The Hall–Kier alpha value is -2.50. The number of rotatable bonds is 1. The molecule has 3 heterocycles. The van der Waals surface area contributed by atoms with Crippen molar-refractivity contribution < 1.29 is 14.3 Å². The molecule has 0 spiro atoms. The fourth-order valence-corrected chi connectivity index (χ4v) is 3.46. The van der Waals surface area contributed by atoms with Crippen LogP contribution >= 0.6 is 0 Å². The Morgan fingerprint density at radius 3 is 3.00 bits per heavy atom. The molecule has 1 fully saturated rings. The van der Waals surface area contributed by atoms with Gasteiger partial charge in [-0.2, -0.15) is 0 Å². The summed E-state index contributed by atoms with van der Waals surface area (Å²) in [7, 11) is 1.36. The van der Waals surface area contributed by atoms with Gasteiger partial charge in [0, 0.05) is 29.6 Å². The number of carbonyl (C=O) groups excluding carboxylic acids is 2. The molecule has 6 nitrogen and oxygen atoms in total. The second-order valence-corrected chi connectivity index (χ2v) is 5.42. The molecule has 0 aliphatic carbocycles. The van der Waals surface area contributed by atoms with Gasteiger partial charge >= 0.3 is 12.0 Å². The highest BCUT2D eigenvalue weighted by Crippen LogP contribution is 2.39. The average Bonchev–Trinajstić information content (AvgIpc) is 3.07. The van der Waals surface area contributed by atoms with Crippen LogP contribution in [-0.4, -0.2) is 41.6 Å². The van der Waals surface area contributed by atoms with E-state index in [1.54, 1.807) is 4.90 Å². The summed E-state index contributed by atoms with van der Waals surface area (Å²) in [6, 6.07) is 7.09. The molecule has 4 rings (SSSR count). The maximum Gasteiger partial charge on any atom is 0.329 e. The van der Waals surface area contributed by atoms with Crippen LogP contribution in [-0.2, 0) is 16.0 Å².